The van der Waals surface area contributed by atoms with Gasteiger partial charge < -0.3 is 61.1 Å². The quantitative estimate of drug-likeness (QED) is 0.136. The molecule has 12 nitrogen and oxygen atoms in total. The summed E-state index contributed by atoms with van der Waals surface area (Å²) in [5.74, 6) is 5.45. The van der Waals surface area contributed by atoms with Gasteiger partial charge in [0, 0.05) is 46.5 Å². The van der Waals surface area contributed by atoms with Gasteiger partial charge >= 0.3 is 42.1 Å². The average molecular weight is 961 g/mol. The van der Waals surface area contributed by atoms with E-state index in [0.717, 1.165) is 0 Å². The number of hydrogen-bond donors (Lipinski definition) is 0. The molecule has 14 heteroatoms. The van der Waals surface area contributed by atoms with Gasteiger partial charge in [0.2, 0.25) is 0 Å². The molecule has 8 rings (SSSR count). The maximum absolute atomic E-state index is 4.22. The molecule has 0 atom stereocenters. The summed E-state index contributed by atoms with van der Waals surface area (Å²) in [5, 5.41) is 16.9. The van der Waals surface area contributed by atoms with Gasteiger partial charge in [0.25, 0.3) is 0 Å². The molecule has 0 fully saturated rings. The van der Waals surface area contributed by atoms with Gasteiger partial charge in [0.15, 0.2) is 0 Å². The van der Waals surface area contributed by atoms with E-state index in [9.17, 15) is 0 Å². The Labute approximate surface area is 343 Å². The van der Waals surface area contributed by atoms with Crippen molar-refractivity contribution in [2.24, 2.45) is 0 Å². The predicted molar refractivity (Wildman–Crippen MR) is 205 cm³/mol. The fourth-order valence-corrected chi connectivity index (χ4v) is 3.83. The average Bonchev–Trinajstić information content (AvgIpc) is 3.22. The zero-order valence-corrected chi connectivity index (χ0v) is 33.6. The molecule has 0 unspecified atom stereocenters. The molecule has 0 radical (unpaired) electrons. The fraction of sp³-hybridized carbons (Fsp3) is 0. The first-order chi connectivity index (χ1) is 25.8. The summed E-state index contributed by atoms with van der Waals surface area (Å²) >= 11 is 0. The Hall–Kier alpha value is -6.22. The Morgan fingerprint density at radius 3 is 0.444 bits per heavy atom. The second-order valence-electron chi connectivity index (χ2n) is 9.95. The second kappa shape index (κ2) is 25.7. The van der Waals surface area contributed by atoms with E-state index >= 15 is 0 Å². The Bertz CT molecular complexity index is 1610. The van der Waals surface area contributed by atoms with E-state index in [1.165, 1.54) is 0 Å². The molecule has 0 spiro atoms. The van der Waals surface area contributed by atoms with Crippen LogP contribution in [0.2, 0.25) is 0 Å². The Balaban J connectivity index is 0.000000191. The van der Waals surface area contributed by atoms with Crippen molar-refractivity contribution >= 4 is 46.5 Å². The fourth-order valence-electron chi connectivity index (χ4n) is 3.83. The first-order valence-electron chi connectivity index (χ1n) is 16.0. The van der Waals surface area contributed by atoms with E-state index in [2.05, 4.69) is 61.1 Å². The van der Waals surface area contributed by atoms with Gasteiger partial charge in [0.1, 0.15) is 0 Å². The molecule has 8 aromatic heterocycles. The van der Waals surface area contributed by atoms with Crippen LogP contribution in [0.1, 0.15) is 0 Å². The smallest absolute Gasteiger partial charge is 0.369 e. The molecule has 0 aliphatic heterocycles. The molecule has 0 aliphatic carbocycles. The first kappa shape index (κ1) is 42.2. The van der Waals surface area contributed by atoms with Crippen LogP contribution >= 0.6 is 0 Å². The zero-order valence-electron chi connectivity index (χ0n) is 28.7. The summed E-state index contributed by atoms with van der Waals surface area (Å²) in [6.45, 7) is 0. The third-order valence-corrected chi connectivity index (χ3v) is 6.11. The van der Waals surface area contributed by atoms with Crippen LogP contribution in [-0.4, -0.2) is 39.9 Å². The number of hydrogen-bond acceptors (Lipinski definition) is 8. The van der Waals surface area contributed by atoms with Crippen molar-refractivity contribution in [1.82, 2.24) is 39.9 Å². The Morgan fingerprint density at radius 2 is 0.352 bits per heavy atom. The van der Waals surface area contributed by atoms with Crippen molar-refractivity contribution in [3.63, 3.8) is 0 Å². The van der Waals surface area contributed by atoms with Crippen LogP contribution in [0.4, 0.5) is 46.5 Å². The van der Waals surface area contributed by atoms with E-state index in [1.54, 1.807) is 49.6 Å². The minimum Gasteiger partial charge on any atom is -0.369 e. The molecule has 0 saturated heterocycles. The van der Waals surface area contributed by atoms with Crippen LogP contribution in [0.5, 0.6) is 0 Å². The molecule has 0 saturated carbocycles. The minimum absolute atomic E-state index is 0. The molecule has 0 aliphatic rings. The molecule has 54 heavy (non-hydrogen) atoms. The van der Waals surface area contributed by atoms with E-state index in [4.69, 9.17) is 0 Å². The molecular weight excluding hydrogens is 928 g/mol. The van der Waals surface area contributed by atoms with E-state index in [-0.39, 0.29) is 42.1 Å². The van der Waals surface area contributed by atoms with Gasteiger partial charge in [-0.15, -0.1) is 0 Å². The van der Waals surface area contributed by atoms with Gasteiger partial charge in [-0.1, -0.05) is 97.1 Å². The molecular formula is C40H32MoN12W. The van der Waals surface area contributed by atoms with Crippen LogP contribution in [-0.2, 0) is 42.1 Å². The maximum Gasteiger partial charge on any atom is 2.00 e. The van der Waals surface area contributed by atoms with Crippen molar-refractivity contribution < 1.29 is 42.1 Å². The number of aromatic nitrogens is 8. The Kier molecular flexibility index (Phi) is 20.1. The third-order valence-electron chi connectivity index (χ3n) is 6.11. The van der Waals surface area contributed by atoms with Crippen molar-refractivity contribution in [2.45, 2.75) is 0 Å². The number of rotatable bonds is 8. The van der Waals surface area contributed by atoms with Crippen molar-refractivity contribution in [3.05, 3.63) is 216 Å². The molecule has 8 heterocycles. The van der Waals surface area contributed by atoms with E-state index in [1.807, 2.05) is 146 Å². The van der Waals surface area contributed by atoms with Crippen molar-refractivity contribution in [2.75, 3.05) is 0 Å². The van der Waals surface area contributed by atoms with Crippen molar-refractivity contribution in [1.29, 1.82) is 0 Å². The van der Waals surface area contributed by atoms with Crippen LogP contribution in [0.25, 0.3) is 21.3 Å². The SMILES string of the molecule is [Mo+2].[W+2].c1ccc([N-]c2ccccn2)nc1.c1ccc([N-]c2ccccn2)nc1.c1ccc([N-]c2ccccn2)nc1.c1ccc([N-]c2ccccn2)nc1. The van der Waals surface area contributed by atoms with Crippen molar-refractivity contribution in [3.8, 4) is 0 Å². The number of pyridine rings is 8. The van der Waals surface area contributed by atoms with Gasteiger partial charge in [-0.3, -0.25) is 0 Å². The summed E-state index contributed by atoms with van der Waals surface area (Å²) in [7, 11) is 0. The summed E-state index contributed by atoms with van der Waals surface area (Å²) in [6, 6.07) is 44.8. The summed E-state index contributed by atoms with van der Waals surface area (Å²) < 4.78 is 0. The first-order valence-corrected chi connectivity index (χ1v) is 16.0. The van der Waals surface area contributed by atoms with E-state index in [0.29, 0.717) is 46.5 Å². The van der Waals surface area contributed by atoms with Crippen LogP contribution in [0.3, 0.4) is 0 Å². The monoisotopic (exact) mass is 962 g/mol. The zero-order chi connectivity index (χ0) is 35.7. The predicted octanol–water partition coefficient (Wildman–Crippen LogP) is 11.2. The van der Waals surface area contributed by atoms with Gasteiger partial charge in [-0.2, -0.15) is 0 Å². The largest absolute Gasteiger partial charge is 2.00 e. The second-order valence-corrected chi connectivity index (χ2v) is 9.95. The van der Waals surface area contributed by atoms with Crippen LogP contribution in [0, 0.1) is 0 Å². The Morgan fingerprint density at radius 1 is 0.222 bits per heavy atom. The molecule has 8 aromatic rings. The summed E-state index contributed by atoms with van der Waals surface area (Å²) in [6.07, 6.45) is 13.7. The summed E-state index contributed by atoms with van der Waals surface area (Å²) in [4.78, 5) is 32.5. The molecule has 264 valence electrons. The van der Waals surface area contributed by atoms with Gasteiger partial charge in [-0.05, 0) is 98.1 Å². The van der Waals surface area contributed by atoms with Crippen LogP contribution < -0.4 is 0 Å². The number of nitrogens with zero attached hydrogens (tertiary/aromatic N) is 12. The van der Waals surface area contributed by atoms with Crippen LogP contribution in [0.15, 0.2) is 195 Å². The molecule has 0 N–H and O–H groups in total. The molecule has 0 amide bonds. The maximum atomic E-state index is 4.22. The minimum atomic E-state index is 0. The molecule has 0 aromatic carbocycles. The van der Waals surface area contributed by atoms with Gasteiger partial charge in [-0.25, -0.2) is 0 Å². The normalized spacial score (nSPS) is 9.19. The van der Waals surface area contributed by atoms with Gasteiger partial charge in [0.05, 0.1) is 0 Å². The third kappa shape index (κ3) is 16.9. The topological polar surface area (TPSA) is 160 Å². The van der Waals surface area contributed by atoms with E-state index < -0.39 is 0 Å². The standard InChI is InChI=1S/4C10H8N3.Mo.W/c4*1-3-7-11-9(5-1)13-10-6-2-4-8-12-10;;/h4*1-8H;;/q4*-1;2*+2. The summed E-state index contributed by atoms with van der Waals surface area (Å²) in [5.41, 5.74) is 0. The molecule has 0 bridgehead atoms.